The van der Waals surface area contributed by atoms with E-state index in [4.69, 9.17) is 14.1 Å². The Kier molecular flexibility index (Phi) is 7.21. The van der Waals surface area contributed by atoms with Gasteiger partial charge in [0, 0.05) is 52.2 Å². The predicted octanol–water partition coefficient (Wildman–Crippen LogP) is 2.55. The molecule has 0 amide bonds. The van der Waals surface area contributed by atoms with Gasteiger partial charge < -0.3 is 19.4 Å². The van der Waals surface area contributed by atoms with Crippen LogP contribution in [0.3, 0.4) is 0 Å². The monoisotopic (exact) mass is 396 g/mol. The van der Waals surface area contributed by atoms with Crippen LogP contribution in [0.2, 0.25) is 0 Å². The van der Waals surface area contributed by atoms with E-state index in [0.717, 1.165) is 90.0 Å². The molecule has 156 valence electrons. The summed E-state index contributed by atoms with van der Waals surface area (Å²) in [6, 6.07) is 12.7. The number of hydrogen-bond acceptors (Lipinski definition) is 4. The van der Waals surface area contributed by atoms with Gasteiger partial charge in [-0.2, -0.15) is 0 Å². The van der Waals surface area contributed by atoms with Crippen molar-refractivity contribution in [1.82, 2.24) is 15.1 Å². The molecule has 0 saturated carbocycles. The maximum atomic E-state index is 5.46. The van der Waals surface area contributed by atoms with Crippen LogP contribution in [0.5, 0.6) is 0 Å². The molecule has 0 radical (unpaired) electrons. The summed E-state index contributed by atoms with van der Waals surface area (Å²) in [5.41, 5.74) is 2.87. The molecular formula is C23H32N4O2. The van der Waals surface area contributed by atoms with Crippen LogP contribution in [0, 0.1) is 0 Å². The fourth-order valence-electron chi connectivity index (χ4n) is 4.00. The lowest BCUT2D eigenvalue weighted by molar-refractivity contribution is 0.0377. The van der Waals surface area contributed by atoms with E-state index in [2.05, 4.69) is 39.4 Å². The van der Waals surface area contributed by atoms with Crippen LogP contribution >= 0.6 is 0 Å². The second-order valence-electron chi connectivity index (χ2n) is 7.71. The van der Waals surface area contributed by atoms with E-state index in [1.54, 1.807) is 6.26 Å². The molecule has 0 bridgehead atoms. The van der Waals surface area contributed by atoms with E-state index >= 15 is 0 Å². The highest BCUT2D eigenvalue weighted by atomic mass is 16.5. The van der Waals surface area contributed by atoms with Crippen molar-refractivity contribution < 1.29 is 9.15 Å². The maximum absolute atomic E-state index is 5.46. The Morgan fingerprint density at radius 1 is 1.03 bits per heavy atom. The number of nitrogens with zero attached hydrogens (tertiary/aromatic N) is 3. The number of hydrogen-bond donors (Lipinski definition) is 1. The number of nitrogens with one attached hydrogen (secondary N) is 1. The second kappa shape index (κ2) is 10.5. The summed E-state index contributed by atoms with van der Waals surface area (Å²) < 4.78 is 10.9. The van der Waals surface area contributed by atoms with Crippen molar-refractivity contribution in [2.24, 2.45) is 4.99 Å². The third kappa shape index (κ3) is 5.84. The molecule has 2 aliphatic heterocycles. The largest absolute Gasteiger partial charge is 0.469 e. The highest BCUT2D eigenvalue weighted by Crippen LogP contribution is 2.18. The fourth-order valence-corrected chi connectivity index (χ4v) is 4.00. The van der Waals surface area contributed by atoms with E-state index in [-0.39, 0.29) is 0 Å². The van der Waals surface area contributed by atoms with E-state index in [1.165, 1.54) is 11.1 Å². The highest BCUT2D eigenvalue weighted by molar-refractivity contribution is 5.80. The second-order valence-corrected chi connectivity index (χ2v) is 7.71. The highest BCUT2D eigenvalue weighted by Gasteiger charge is 2.19. The molecule has 0 aliphatic carbocycles. The Morgan fingerprint density at radius 3 is 2.72 bits per heavy atom. The predicted molar refractivity (Wildman–Crippen MR) is 115 cm³/mol. The minimum Gasteiger partial charge on any atom is -0.469 e. The van der Waals surface area contributed by atoms with Gasteiger partial charge in [-0.25, -0.2) is 0 Å². The first kappa shape index (κ1) is 20.0. The van der Waals surface area contributed by atoms with Gasteiger partial charge in [0.15, 0.2) is 5.96 Å². The van der Waals surface area contributed by atoms with Crippen molar-refractivity contribution in [3.63, 3.8) is 0 Å². The van der Waals surface area contributed by atoms with Crippen LogP contribution in [0.4, 0.5) is 0 Å². The Balaban J connectivity index is 1.33. The summed E-state index contributed by atoms with van der Waals surface area (Å²) in [5.74, 6) is 2.03. The van der Waals surface area contributed by atoms with Crippen LogP contribution in [0.25, 0.3) is 0 Å². The molecule has 2 aromatic rings. The number of fused-ring (bicyclic) bond motifs is 1. The molecule has 1 aromatic carbocycles. The van der Waals surface area contributed by atoms with E-state index in [9.17, 15) is 0 Å². The molecule has 1 aromatic heterocycles. The smallest absolute Gasteiger partial charge is 0.194 e. The van der Waals surface area contributed by atoms with Crippen molar-refractivity contribution in [3.05, 3.63) is 59.5 Å². The Labute approximate surface area is 173 Å². The maximum Gasteiger partial charge on any atom is 0.194 e. The Morgan fingerprint density at radius 2 is 1.90 bits per heavy atom. The average Bonchev–Trinajstić information content (AvgIpc) is 3.29. The van der Waals surface area contributed by atoms with Gasteiger partial charge in [-0.3, -0.25) is 9.89 Å². The van der Waals surface area contributed by atoms with Gasteiger partial charge in [0.1, 0.15) is 5.76 Å². The molecule has 3 heterocycles. The number of aliphatic imine (C=N–C) groups is 1. The lowest BCUT2D eigenvalue weighted by Crippen LogP contribution is -2.45. The van der Waals surface area contributed by atoms with Crippen molar-refractivity contribution in [1.29, 1.82) is 0 Å². The molecule has 2 aliphatic rings. The van der Waals surface area contributed by atoms with E-state index < -0.39 is 0 Å². The third-order valence-corrected chi connectivity index (χ3v) is 5.66. The molecule has 4 rings (SSSR count). The SMILES string of the molecule is c1coc(CCNC(=NCCCN2CCOCC2)N2CCc3ccccc3C2)c1. The topological polar surface area (TPSA) is 53.2 Å². The zero-order valence-corrected chi connectivity index (χ0v) is 17.2. The summed E-state index contributed by atoms with van der Waals surface area (Å²) in [4.78, 5) is 9.83. The third-order valence-electron chi connectivity index (χ3n) is 5.66. The van der Waals surface area contributed by atoms with Crippen LogP contribution in [-0.2, 0) is 24.1 Å². The van der Waals surface area contributed by atoms with E-state index in [1.807, 2.05) is 12.1 Å². The molecule has 6 nitrogen and oxygen atoms in total. The van der Waals surface area contributed by atoms with Crippen molar-refractivity contribution in [2.75, 3.05) is 52.5 Å². The number of furan rings is 1. The molecule has 0 spiro atoms. The average molecular weight is 397 g/mol. The van der Waals surface area contributed by atoms with Gasteiger partial charge in [0.2, 0.25) is 0 Å². The minimum absolute atomic E-state index is 0.827. The summed E-state index contributed by atoms with van der Waals surface area (Å²) in [6.45, 7) is 8.50. The van der Waals surface area contributed by atoms with Gasteiger partial charge in [0.25, 0.3) is 0 Å². The number of rotatable bonds is 7. The zero-order chi connectivity index (χ0) is 19.7. The molecule has 29 heavy (non-hydrogen) atoms. The van der Waals surface area contributed by atoms with Gasteiger partial charge in [-0.15, -0.1) is 0 Å². The van der Waals surface area contributed by atoms with Crippen molar-refractivity contribution in [3.8, 4) is 0 Å². The lowest BCUT2D eigenvalue weighted by Gasteiger charge is -2.32. The summed E-state index contributed by atoms with van der Waals surface area (Å²) in [6.07, 6.45) is 4.75. The van der Waals surface area contributed by atoms with Crippen molar-refractivity contribution >= 4 is 5.96 Å². The quantitative estimate of drug-likeness (QED) is 0.443. The molecule has 1 saturated heterocycles. The number of ether oxygens (including phenoxy) is 1. The molecule has 0 unspecified atom stereocenters. The van der Waals surface area contributed by atoms with Gasteiger partial charge in [0.05, 0.1) is 19.5 Å². The first-order valence-corrected chi connectivity index (χ1v) is 10.8. The first-order chi connectivity index (χ1) is 14.4. The van der Waals surface area contributed by atoms with Gasteiger partial charge >= 0.3 is 0 Å². The summed E-state index contributed by atoms with van der Waals surface area (Å²) in [5, 5.41) is 3.58. The van der Waals surface area contributed by atoms with Gasteiger partial charge in [-0.1, -0.05) is 24.3 Å². The lowest BCUT2D eigenvalue weighted by atomic mass is 10.0. The van der Waals surface area contributed by atoms with E-state index in [0.29, 0.717) is 0 Å². The Bertz CT molecular complexity index is 769. The first-order valence-electron chi connectivity index (χ1n) is 10.8. The van der Waals surface area contributed by atoms with Crippen molar-refractivity contribution in [2.45, 2.75) is 25.8 Å². The Hall–Kier alpha value is -2.31. The van der Waals surface area contributed by atoms with Crippen LogP contribution in [0.1, 0.15) is 23.3 Å². The van der Waals surface area contributed by atoms with Crippen LogP contribution < -0.4 is 5.32 Å². The normalized spacial score (nSPS) is 17.9. The number of benzene rings is 1. The fraction of sp³-hybridized carbons (Fsp3) is 0.522. The van der Waals surface area contributed by atoms with Crippen LogP contribution in [-0.4, -0.2) is 68.2 Å². The minimum atomic E-state index is 0.827. The molecule has 6 heteroatoms. The zero-order valence-electron chi connectivity index (χ0n) is 17.2. The van der Waals surface area contributed by atoms with Crippen LogP contribution in [0.15, 0.2) is 52.1 Å². The summed E-state index contributed by atoms with van der Waals surface area (Å²) >= 11 is 0. The molecule has 0 atom stereocenters. The number of guanidine groups is 1. The summed E-state index contributed by atoms with van der Waals surface area (Å²) in [7, 11) is 0. The molecule has 1 fully saturated rings. The molecular weight excluding hydrogens is 364 g/mol. The number of morpholine rings is 1. The van der Waals surface area contributed by atoms with Gasteiger partial charge in [-0.05, 0) is 36.1 Å². The standard InChI is InChI=1S/C23H32N4O2/c1-2-6-21-19-27(13-9-20(21)5-1)23(25-11-8-22-7-3-16-29-22)24-10-4-12-26-14-17-28-18-15-26/h1-3,5-7,16H,4,8-15,17-19H2,(H,24,25). The molecule has 1 N–H and O–H groups in total.